The van der Waals surface area contributed by atoms with Crippen LogP contribution in [0.2, 0.25) is 0 Å². The predicted molar refractivity (Wildman–Crippen MR) is 107 cm³/mol. The second-order valence-electron chi connectivity index (χ2n) is 6.68. The van der Waals surface area contributed by atoms with E-state index in [2.05, 4.69) is 24.4 Å². The van der Waals surface area contributed by atoms with Crippen LogP contribution >= 0.6 is 24.8 Å². The molecule has 1 saturated heterocycles. The van der Waals surface area contributed by atoms with Crippen molar-refractivity contribution in [2.24, 2.45) is 0 Å². The molecule has 2 aliphatic rings. The Morgan fingerprint density at radius 1 is 0.903 bits per heavy atom. The minimum atomic E-state index is -4.78. The summed E-state index contributed by atoms with van der Waals surface area (Å²) in [4.78, 5) is 2.12. The highest BCUT2D eigenvalue weighted by Crippen LogP contribution is 2.43. The molecule has 0 amide bonds. The average Bonchev–Trinajstić information content (AvgIpc) is 2.96. The molecule has 4 rings (SSSR count). The van der Waals surface area contributed by atoms with Gasteiger partial charge >= 0.3 is 12.7 Å². The van der Waals surface area contributed by atoms with Crippen LogP contribution in [0.1, 0.15) is 17.2 Å². The summed E-state index contributed by atoms with van der Waals surface area (Å²) in [6.07, 6.45) is -8.50. The first-order valence-corrected chi connectivity index (χ1v) is 8.90. The summed E-state index contributed by atoms with van der Waals surface area (Å²) in [6, 6.07) is 9.71. The standard InChI is InChI=1S/C19H17F5N2O3.2ClH/c20-18(21,22)27-14-4-1-12(2-5-14)17(26-9-7-25-8-10-26)13-3-6-15-16(11-13)29-19(23,24)28-15;;/h1-6,11,17,25H,7-10H2;2*1H/t17-;;/m0../s1. The fraction of sp³-hybridized carbons (Fsp3) is 0.368. The van der Waals surface area contributed by atoms with Gasteiger partial charge in [0.15, 0.2) is 11.5 Å². The van der Waals surface area contributed by atoms with Gasteiger partial charge in [-0.15, -0.1) is 46.8 Å². The van der Waals surface area contributed by atoms with Crippen LogP contribution in [-0.4, -0.2) is 43.7 Å². The molecule has 0 unspecified atom stereocenters. The summed E-state index contributed by atoms with van der Waals surface area (Å²) >= 11 is 0. The molecule has 31 heavy (non-hydrogen) atoms. The zero-order chi connectivity index (χ0) is 20.6. The lowest BCUT2D eigenvalue weighted by Gasteiger charge is -2.35. The maximum absolute atomic E-state index is 13.4. The Bertz CT molecular complexity index is 878. The predicted octanol–water partition coefficient (Wildman–Crippen LogP) is 4.74. The summed E-state index contributed by atoms with van der Waals surface area (Å²) < 4.78 is 76.9. The van der Waals surface area contributed by atoms with Crippen molar-refractivity contribution < 1.29 is 36.2 Å². The van der Waals surface area contributed by atoms with Crippen LogP contribution in [0.3, 0.4) is 0 Å². The fourth-order valence-corrected chi connectivity index (χ4v) is 3.54. The Hall–Kier alpha value is -2.01. The van der Waals surface area contributed by atoms with Crippen LogP contribution < -0.4 is 19.5 Å². The number of nitrogens with zero attached hydrogens (tertiary/aromatic N) is 1. The first-order valence-electron chi connectivity index (χ1n) is 8.90. The van der Waals surface area contributed by atoms with Gasteiger partial charge < -0.3 is 19.5 Å². The van der Waals surface area contributed by atoms with E-state index in [1.807, 2.05) is 0 Å². The van der Waals surface area contributed by atoms with Gasteiger partial charge in [0, 0.05) is 26.2 Å². The molecular weight excluding hydrogens is 470 g/mol. The first kappa shape index (κ1) is 25.3. The maximum Gasteiger partial charge on any atom is 0.586 e. The highest BCUT2D eigenvalue weighted by Gasteiger charge is 2.43. The molecule has 1 atom stereocenters. The molecule has 2 aromatic rings. The summed E-state index contributed by atoms with van der Waals surface area (Å²) in [5, 5.41) is 3.23. The van der Waals surface area contributed by atoms with Crippen LogP contribution in [0.5, 0.6) is 17.2 Å². The molecule has 0 radical (unpaired) electrons. The molecule has 2 aliphatic heterocycles. The topological polar surface area (TPSA) is 43.0 Å². The van der Waals surface area contributed by atoms with E-state index in [0.717, 1.165) is 13.1 Å². The van der Waals surface area contributed by atoms with Crippen molar-refractivity contribution in [2.45, 2.75) is 18.7 Å². The van der Waals surface area contributed by atoms with E-state index in [1.165, 1.54) is 36.4 Å². The van der Waals surface area contributed by atoms with Crippen molar-refractivity contribution in [3.8, 4) is 17.2 Å². The Kier molecular flexibility index (Phi) is 7.85. The zero-order valence-corrected chi connectivity index (χ0v) is 17.5. The van der Waals surface area contributed by atoms with E-state index in [0.29, 0.717) is 24.2 Å². The number of ether oxygens (including phenoxy) is 3. The normalized spacial score (nSPS) is 18.5. The number of fused-ring (bicyclic) bond motifs is 1. The number of halogens is 7. The molecule has 172 valence electrons. The third kappa shape index (κ3) is 6.03. The number of piperazine rings is 1. The Morgan fingerprint density at radius 3 is 2.10 bits per heavy atom. The second-order valence-corrected chi connectivity index (χ2v) is 6.68. The minimum Gasteiger partial charge on any atom is -0.406 e. The largest absolute Gasteiger partial charge is 0.586 e. The number of hydrogen-bond acceptors (Lipinski definition) is 5. The van der Waals surface area contributed by atoms with Crippen molar-refractivity contribution in [3.05, 3.63) is 53.6 Å². The molecule has 12 heteroatoms. The highest BCUT2D eigenvalue weighted by molar-refractivity contribution is 5.85. The number of alkyl halides is 5. The van der Waals surface area contributed by atoms with Crippen LogP contribution in [0.25, 0.3) is 0 Å². The van der Waals surface area contributed by atoms with E-state index < -0.39 is 12.7 Å². The molecule has 0 saturated carbocycles. The lowest BCUT2D eigenvalue weighted by molar-refractivity contribution is -0.286. The van der Waals surface area contributed by atoms with Gasteiger partial charge in [0.05, 0.1) is 6.04 Å². The number of rotatable bonds is 4. The van der Waals surface area contributed by atoms with Crippen molar-refractivity contribution in [2.75, 3.05) is 26.2 Å². The van der Waals surface area contributed by atoms with Gasteiger partial charge in [0.25, 0.3) is 0 Å². The number of hydrogen-bond donors (Lipinski definition) is 1. The van der Waals surface area contributed by atoms with Gasteiger partial charge in [-0.3, -0.25) is 4.90 Å². The van der Waals surface area contributed by atoms with Crippen molar-refractivity contribution in [3.63, 3.8) is 0 Å². The zero-order valence-electron chi connectivity index (χ0n) is 15.8. The Labute approximate surface area is 187 Å². The maximum atomic E-state index is 13.4. The van der Waals surface area contributed by atoms with Crippen LogP contribution in [0.15, 0.2) is 42.5 Å². The van der Waals surface area contributed by atoms with Gasteiger partial charge in [0.2, 0.25) is 0 Å². The van der Waals surface area contributed by atoms with Gasteiger partial charge in [-0.05, 0) is 35.4 Å². The van der Waals surface area contributed by atoms with Crippen LogP contribution in [-0.2, 0) is 0 Å². The van der Waals surface area contributed by atoms with Gasteiger partial charge in [-0.2, -0.15) is 0 Å². The molecule has 2 aromatic carbocycles. The Morgan fingerprint density at radius 2 is 1.48 bits per heavy atom. The summed E-state index contributed by atoms with van der Waals surface area (Å²) in [5.41, 5.74) is 1.36. The molecule has 0 aliphatic carbocycles. The van der Waals surface area contributed by atoms with E-state index in [4.69, 9.17) is 0 Å². The average molecular weight is 489 g/mol. The van der Waals surface area contributed by atoms with Crippen LogP contribution in [0.4, 0.5) is 22.0 Å². The molecule has 0 aromatic heterocycles. The highest BCUT2D eigenvalue weighted by atomic mass is 35.5. The molecule has 2 heterocycles. The third-order valence-corrected chi connectivity index (χ3v) is 4.69. The molecule has 0 spiro atoms. The first-order chi connectivity index (χ1) is 13.7. The van der Waals surface area contributed by atoms with E-state index in [-0.39, 0.29) is 48.1 Å². The van der Waals surface area contributed by atoms with E-state index in [9.17, 15) is 22.0 Å². The molecular formula is C19H19Cl2F5N2O3. The number of nitrogens with one attached hydrogen (secondary N) is 1. The molecule has 5 nitrogen and oxygen atoms in total. The smallest absolute Gasteiger partial charge is 0.406 e. The summed E-state index contributed by atoms with van der Waals surface area (Å²) in [5.74, 6) is -0.470. The number of benzene rings is 2. The molecule has 1 N–H and O–H groups in total. The van der Waals surface area contributed by atoms with Crippen molar-refractivity contribution in [1.82, 2.24) is 10.2 Å². The van der Waals surface area contributed by atoms with Crippen molar-refractivity contribution >= 4 is 24.8 Å². The molecule has 1 fully saturated rings. The van der Waals surface area contributed by atoms with E-state index >= 15 is 0 Å². The van der Waals surface area contributed by atoms with Crippen LogP contribution in [0, 0.1) is 0 Å². The lowest BCUT2D eigenvalue weighted by Crippen LogP contribution is -2.45. The summed E-state index contributed by atoms with van der Waals surface area (Å²) in [6.45, 7) is 2.81. The third-order valence-electron chi connectivity index (χ3n) is 4.69. The quantitative estimate of drug-likeness (QED) is 0.629. The van der Waals surface area contributed by atoms with Gasteiger partial charge in [0.1, 0.15) is 5.75 Å². The lowest BCUT2D eigenvalue weighted by atomic mass is 9.96. The van der Waals surface area contributed by atoms with Gasteiger partial charge in [-0.25, -0.2) is 0 Å². The SMILES string of the molecule is Cl.Cl.FC(F)(F)Oc1ccc([C@@H](c2ccc3c(c2)OC(F)(F)O3)N2CCNCC2)cc1. The molecule has 0 bridgehead atoms. The summed E-state index contributed by atoms with van der Waals surface area (Å²) in [7, 11) is 0. The monoisotopic (exact) mass is 488 g/mol. The second kappa shape index (κ2) is 9.64. The van der Waals surface area contributed by atoms with Gasteiger partial charge in [-0.1, -0.05) is 18.2 Å². The minimum absolute atomic E-state index is 0. The Balaban J connectivity index is 0.00000171. The van der Waals surface area contributed by atoms with E-state index in [1.54, 1.807) is 6.07 Å². The van der Waals surface area contributed by atoms with Crippen molar-refractivity contribution in [1.29, 1.82) is 0 Å². The fourth-order valence-electron chi connectivity index (χ4n) is 3.54.